The Labute approximate surface area is 80.3 Å². The van der Waals surface area contributed by atoms with E-state index in [1.54, 1.807) is 0 Å². The van der Waals surface area contributed by atoms with Crippen molar-refractivity contribution in [1.82, 2.24) is 0 Å². The normalized spacial score (nSPS) is 41.2. The Morgan fingerprint density at radius 2 is 1.83 bits per heavy atom. The Morgan fingerprint density at radius 1 is 1.17 bits per heavy atom. The molecule has 12 heavy (non-hydrogen) atoms. The van der Waals surface area contributed by atoms with Crippen molar-refractivity contribution in [3.63, 3.8) is 0 Å². The van der Waals surface area contributed by atoms with E-state index in [4.69, 9.17) is 10.5 Å². The number of hydrogen-bond donors (Lipinski definition) is 1. The van der Waals surface area contributed by atoms with Crippen molar-refractivity contribution < 1.29 is 4.74 Å². The van der Waals surface area contributed by atoms with Gasteiger partial charge in [0.25, 0.3) is 0 Å². The summed E-state index contributed by atoms with van der Waals surface area (Å²) in [5.74, 6) is 0. The molecular formula is C9H18ClNO. The SMILES string of the molecule is Cl.NC1CCC2(CCOC2)CC1. The minimum absolute atomic E-state index is 0. The third-order valence-corrected chi connectivity index (χ3v) is 3.28. The Bertz CT molecular complexity index is 135. The highest BCUT2D eigenvalue weighted by Crippen LogP contribution is 2.42. The standard InChI is InChI=1S/C9H17NO.ClH/c10-8-1-3-9(4-2-8)5-6-11-7-9;/h8H,1-7,10H2;1H. The van der Waals surface area contributed by atoms with Crippen molar-refractivity contribution in [3.8, 4) is 0 Å². The summed E-state index contributed by atoms with van der Waals surface area (Å²) in [6.07, 6.45) is 6.30. The maximum Gasteiger partial charge on any atom is 0.0523 e. The van der Waals surface area contributed by atoms with Gasteiger partial charge in [-0.2, -0.15) is 0 Å². The third kappa shape index (κ3) is 1.93. The van der Waals surface area contributed by atoms with E-state index in [2.05, 4.69) is 0 Å². The van der Waals surface area contributed by atoms with E-state index in [1.807, 2.05) is 0 Å². The van der Waals surface area contributed by atoms with Gasteiger partial charge in [-0.3, -0.25) is 0 Å². The fraction of sp³-hybridized carbons (Fsp3) is 1.00. The van der Waals surface area contributed by atoms with Crippen LogP contribution in [-0.4, -0.2) is 19.3 Å². The molecule has 0 amide bonds. The molecule has 2 nitrogen and oxygen atoms in total. The zero-order valence-electron chi connectivity index (χ0n) is 7.42. The summed E-state index contributed by atoms with van der Waals surface area (Å²) in [4.78, 5) is 0. The molecule has 1 aliphatic heterocycles. The lowest BCUT2D eigenvalue weighted by Crippen LogP contribution is -2.34. The Morgan fingerprint density at radius 3 is 2.33 bits per heavy atom. The topological polar surface area (TPSA) is 35.2 Å². The fourth-order valence-corrected chi connectivity index (χ4v) is 2.30. The summed E-state index contributed by atoms with van der Waals surface area (Å²) in [5.41, 5.74) is 6.40. The average molecular weight is 192 g/mol. The molecule has 0 aromatic heterocycles. The number of rotatable bonds is 0. The summed E-state index contributed by atoms with van der Waals surface area (Å²) < 4.78 is 5.43. The van der Waals surface area contributed by atoms with Crippen molar-refractivity contribution in [2.24, 2.45) is 11.1 Å². The van der Waals surface area contributed by atoms with Gasteiger partial charge in [0.2, 0.25) is 0 Å². The van der Waals surface area contributed by atoms with E-state index in [0.29, 0.717) is 11.5 Å². The molecule has 2 rings (SSSR count). The second kappa shape index (κ2) is 3.95. The monoisotopic (exact) mass is 191 g/mol. The van der Waals surface area contributed by atoms with Gasteiger partial charge in [-0.25, -0.2) is 0 Å². The summed E-state index contributed by atoms with van der Waals surface area (Å²) >= 11 is 0. The highest BCUT2D eigenvalue weighted by Gasteiger charge is 2.37. The van der Waals surface area contributed by atoms with Crippen LogP contribution < -0.4 is 5.73 Å². The molecule has 1 aliphatic carbocycles. The van der Waals surface area contributed by atoms with E-state index >= 15 is 0 Å². The Hall–Kier alpha value is 0.210. The third-order valence-electron chi connectivity index (χ3n) is 3.28. The smallest absolute Gasteiger partial charge is 0.0523 e. The van der Waals surface area contributed by atoms with Crippen molar-refractivity contribution in [2.75, 3.05) is 13.2 Å². The summed E-state index contributed by atoms with van der Waals surface area (Å²) in [5, 5.41) is 0. The maximum atomic E-state index is 5.84. The molecule has 1 saturated heterocycles. The molecule has 1 saturated carbocycles. The highest BCUT2D eigenvalue weighted by molar-refractivity contribution is 5.85. The molecule has 2 aliphatic rings. The van der Waals surface area contributed by atoms with Gasteiger partial charge in [0.05, 0.1) is 6.61 Å². The van der Waals surface area contributed by atoms with Gasteiger partial charge in [0.1, 0.15) is 0 Å². The van der Waals surface area contributed by atoms with Crippen LogP contribution in [0.1, 0.15) is 32.1 Å². The van der Waals surface area contributed by atoms with Gasteiger partial charge in [0.15, 0.2) is 0 Å². The predicted octanol–water partition coefficient (Wildman–Crippen LogP) is 1.72. The quantitative estimate of drug-likeness (QED) is 0.633. The van der Waals surface area contributed by atoms with Gasteiger partial charge >= 0.3 is 0 Å². The minimum atomic E-state index is 0. The second-order valence-corrected chi connectivity index (χ2v) is 4.14. The highest BCUT2D eigenvalue weighted by atomic mass is 35.5. The average Bonchev–Trinajstić information content (AvgIpc) is 2.45. The van der Waals surface area contributed by atoms with Crippen LogP contribution in [0.4, 0.5) is 0 Å². The zero-order chi connectivity index (χ0) is 7.73. The lowest BCUT2D eigenvalue weighted by molar-refractivity contribution is 0.117. The Balaban J connectivity index is 0.000000720. The van der Waals surface area contributed by atoms with Crippen molar-refractivity contribution in [3.05, 3.63) is 0 Å². The van der Waals surface area contributed by atoms with Gasteiger partial charge in [-0.05, 0) is 37.5 Å². The molecule has 0 unspecified atom stereocenters. The molecular weight excluding hydrogens is 174 g/mol. The van der Waals surface area contributed by atoms with Gasteiger partial charge < -0.3 is 10.5 Å². The molecule has 1 spiro atoms. The van der Waals surface area contributed by atoms with Crippen LogP contribution in [0, 0.1) is 5.41 Å². The van der Waals surface area contributed by atoms with Crippen molar-refractivity contribution >= 4 is 12.4 Å². The zero-order valence-corrected chi connectivity index (χ0v) is 8.24. The first-order valence-corrected chi connectivity index (χ1v) is 4.64. The Kier molecular flexibility index (Phi) is 3.38. The molecule has 0 aromatic carbocycles. The van der Waals surface area contributed by atoms with E-state index in [0.717, 1.165) is 13.2 Å². The van der Waals surface area contributed by atoms with E-state index in [1.165, 1.54) is 32.1 Å². The van der Waals surface area contributed by atoms with Gasteiger partial charge in [-0.1, -0.05) is 0 Å². The van der Waals surface area contributed by atoms with Gasteiger partial charge in [-0.15, -0.1) is 12.4 Å². The number of hydrogen-bond acceptors (Lipinski definition) is 2. The second-order valence-electron chi connectivity index (χ2n) is 4.14. The van der Waals surface area contributed by atoms with Crippen molar-refractivity contribution in [2.45, 2.75) is 38.1 Å². The molecule has 2 N–H and O–H groups in total. The lowest BCUT2D eigenvalue weighted by Gasteiger charge is -2.34. The summed E-state index contributed by atoms with van der Waals surface area (Å²) in [6.45, 7) is 1.98. The largest absolute Gasteiger partial charge is 0.381 e. The number of ether oxygens (including phenoxy) is 1. The molecule has 0 aromatic rings. The van der Waals surface area contributed by atoms with Gasteiger partial charge in [0, 0.05) is 12.6 Å². The first-order valence-electron chi connectivity index (χ1n) is 4.64. The van der Waals surface area contributed by atoms with Crippen LogP contribution in [0.3, 0.4) is 0 Å². The molecule has 0 radical (unpaired) electrons. The first-order chi connectivity index (χ1) is 5.31. The van der Waals surface area contributed by atoms with Crippen LogP contribution in [0.2, 0.25) is 0 Å². The summed E-state index contributed by atoms with van der Waals surface area (Å²) in [6, 6.07) is 0.473. The first kappa shape index (κ1) is 10.3. The van der Waals surface area contributed by atoms with Crippen LogP contribution in [0.15, 0.2) is 0 Å². The summed E-state index contributed by atoms with van der Waals surface area (Å²) in [7, 11) is 0. The lowest BCUT2D eigenvalue weighted by atomic mass is 9.72. The minimum Gasteiger partial charge on any atom is -0.381 e. The van der Waals surface area contributed by atoms with Crippen LogP contribution in [0.25, 0.3) is 0 Å². The van der Waals surface area contributed by atoms with Crippen LogP contribution in [-0.2, 0) is 4.74 Å². The molecule has 72 valence electrons. The van der Waals surface area contributed by atoms with E-state index in [9.17, 15) is 0 Å². The molecule has 1 heterocycles. The van der Waals surface area contributed by atoms with Crippen molar-refractivity contribution in [1.29, 1.82) is 0 Å². The molecule has 0 bridgehead atoms. The number of nitrogens with two attached hydrogens (primary N) is 1. The van der Waals surface area contributed by atoms with Crippen LogP contribution in [0.5, 0.6) is 0 Å². The fourth-order valence-electron chi connectivity index (χ4n) is 2.30. The van der Waals surface area contributed by atoms with E-state index in [-0.39, 0.29) is 12.4 Å². The molecule has 0 atom stereocenters. The number of halogens is 1. The predicted molar refractivity (Wildman–Crippen MR) is 51.6 cm³/mol. The van der Waals surface area contributed by atoms with E-state index < -0.39 is 0 Å². The molecule has 3 heteroatoms. The molecule has 2 fully saturated rings. The maximum absolute atomic E-state index is 5.84. The van der Waals surface area contributed by atoms with Crippen LogP contribution >= 0.6 is 12.4 Å².